The Morgan fingerprint density at radius 3 is 0.633 bits per heavy atom. The number of hydrogen-bond acceptors (Lipinski definition) is 3. The van der Waals surface area contributed by atoms with E-state index in [2.05, 4.69) is 420 Å². The predicted molar refractivity (Wildman–Crippen MR) is 742 cm³/mol. The summed E-state index contributed by atoms with van der Waals surface area (Å²) in [5, 5.41) is 0.804. The molecule has 0 aliphatic carbocycles. The molecule has 968 valence electrons. The van der Waals surface area contributed by atoms with Crippen LogP contribution in [-0.4, -0.2) is 57.0 Å². The SMILES string of the molecule is C.C.C.C.C.C.C.C.C.C.C.C.C.C.C.C.C.C.C.C.C.C.C.C.C.C.C.C.C.C.C.C.CC(C)(C)C.CC(C)(C)C.CC(C)(C)C.CC(C)(C)C.CC(C)(C)C.CC(C)(C)C.CC(C)(C)C.CC(C)(C)C.CC(C)(C)C.CC(C)(C)C.CC(C)(C)CCC(C)(C)C.CC(C)(C)CCCNS(=O)(=O)c1ccccc1.CC(C)(C)c1c(F)c(F)c(F)c(F)c1F.CC(C)(C)c1ccc(Cl)cc1.CCN1C=[N+](CCCC(C)(C)C)CC1.[Cl-]. The van der Waals surface area contributed by atoms with Gasteiger partial charge in [-0.15, -0.1) is 0 Å². The fourth-order valence-corrected chi connectivity index (χ4v) is 7.52. The van der Waals surface area contributed by atoms with Crippen LogP contribution in [0.3, 0.4) is 0 Å². The lowest BCUT2D eigenvalue weighted by atomic mass is 9.81. The second kappa shape index (κ2) is 130. The van der Waals surface area contributed by atoms with Crippen molar-refractivity contribution in [3.05, 3.63) is 99.8 Å². The van der Waals surface area contributed by atoms with E-state index in [-0.39, 0.29) is 261 Å². The van der Waals surface area contributed by atoms with Crippen molar-refractivity contribution in [3.8, 4) is 0 Å². The van der Waals surface area contributed by atoms with Crippen molar-refractivity contribution in [2.75, 3.05) is 32.7 Å². The topological polar surface area (TPSA) is 52.4 Å². The molecule has 0 saturated heterocycles. The van der Waals surface area contributed by atoms with Gasteiger partial charge in [-0.3, -0.25) is 9.48 Å². The molecule has 0 spiro atoms. The molecule has 0 saturated carbocycles. The van der Waals surface area contributed by atoms with Gasteiger partial charge in [-0.1, -0.05) is 681 Å². The Morgan fingerprint density at radius 2 is 0.467 bits per heavy atom. The second-order valence-corrected chi connectivity index (χ2v) is 56.6. The van der Waals surface area contributed by atoms with Crippen molar-refractivity contribution >= 4 is 28.0 Å². The van der Waals surface area contributed by atoms with Crippen LogP contribution in [0.1, 0.15) is 696 Å². The van der Waals surface area contributed by atoms with Gasteiger partial charge in [0.2, 0.25) is 22.2 Å². The van der Waals surface area contributed by atoms with Crippen LogP contribution in [0.2, 0.25) is 5.02 Å². The summed E-state index contributed by atoms with van der Waals surface area (Å²) in [4.78, 5) is 2.72. The van der Waals surface area contributed by atoms with E-state index in [0.29, 0.717) is 81.8 Å². The number of likely N-dealkylation sites (N-methyl/N-ethyl adjacent to an activating group) is 1. The fourth-order valence-electron chi connectivity index (χ4n) is 6.30. The summed E-state index contributed by atoms with van der Waals surface area (Å²) in [5.74, 6) is -9.46. The van der Waals surface area contributed by atoms with Gasteiger partial charge in [0.1, 0.15) is 13.1 Å². The lowest BCUT2D eigenvalue weighted by Gasteiger charge is -2.24. The average molecular weight is 2260 g/mol. The molecule has 0 amide bonds. The third kappa shape index (κ3) is 363. The first kappa shape index (κ1) is 295. The van der Waals surface area contributed by atoms with E-state index in [1.54, 1.807) is 30.3 Å². The zero-order valence-corrected chi connectivity index (χ0v) is 92.6. The van der Waals surface area contributed by atoms with E-state index in [0.717, 1.165) is 24.4 Å². The van der Waals surface area contributed by atoms with Crippen molar-refractivity contribution in [1.82, 2.24) is 9.62 Å². The van der Waals surface area contributed by atoms with Crippen LogP contribution in [0, 0.1) is 105 Å². The molecule has 3 aromatic carbocycles. The van der Waals surface area contributed by atoms with E-state index in [1.807, 2.05) is 12.1 Å². The van der Waals surface area contributed by atoms with Crippen LogP contribution in [0.25, 0.3) is 0 Å². The number of sulfonamides is 1. The summed E-state index contributed by atoms with van der Waals surface area (Å²) in [6.07, 6.45) is 9.45. The van der Waals surface area contributed by atoms with Crippen LogP contribution in [-0.2, 0) is 20.9 Å². The molecule has 1 aliphatic heterocycles. The highest BCUT2D eigenvalue weighted by molar-refractivity contribution is 7.89. The van der Waals surface area contributed by atoms with Gasteiger partial charge in [0.15, 0.2) is 23.3 Å². The largest absolute Gasteiger partial charge is 1.00 e. The van der Waals surface area contributed by atoms with Crippen molar-refractivity contribution in [1.29, 1.82) is 0 Å². The van der Waals surface area contributed by atoms with Gasteiger partial charge in [0.05, 0.1) is 18.0 Å². The van der Waals surface area contributed by atoms with E-state index in [1.165, 1.54) is 71.7 Å². The summed E-state index contributed by atoms with van der Waals surface area (Å²) in [5.41, 5.74) is 6.36. The van der Waals surface area contributed by atoms with Crippen LogP contribution in [0.15, 0.2) is 59.5 Å². The summed E-state index contributed by atoms with van der Waals surface area (Å²) >= 11 is 5.76. The first-order valence-corrected chi connectivity index (χ1v) is 45.7. The number of benzene rings is 3. The predicted octanol–water partition coefficient (Wildman–Crippen LogP) is 54.0. The normalized spacial score (nSPS) is 10.0. The lowest BCUT2D eigenvalue weighted by Crippen LogP contribution is -3.00. The van der Waals surface area contributed by atoms with Gasteiger partial charge >= 0.3 is 0 Å². The maximum Gasteiger partial charge on any atom is 0.240 e. The molecule has 0 bridgehead atoms. The first-order valence-electron chi connectivity index (χ1n) is 43.9. The summed E-state index contributed by atoms with van der Waals surface area (Å²) in [6, 6.07) is 16.5. The van der Waals surface area contributed by atoms with Crippen LogP contribution in [0.5, 0.6) is 0 Å². The summed E-state index contributed by atoms with van der Waals surface area (Å²) in [7, 11) is -3.33. The van der Waals surface area contributed by atoms with Crippen molar-refractivity contribution in [2.45, 2.75) is 700 Å². The molecule has 1 N–H and O–H groups in total. The Balaban J connectivity index is -0.0000000192. The Labute approximate surface area is 987 Å². The molecule has 150 heavy (non-hydrogen) atoms. The molecule has 13 heteroatoms. The molecule has 0 aromatic heterocycles. The van der Waals surface area contributed by atoms with E-state index in [9.17, 15) is 30.4 Å². The van der Waals surface area contributed by atoms with E-state index >= 15 is 0 Å². The number of halogens is 7. The molecule has 1 aliphatic rings. The lowest BCUT2D eigenvalue weighted by molar-refractivity contribution is -0.514. The van der Waals surface area contributed by atoms with Crippen molar-refractivity contribution in [2.24, 2.45) is 75.8 Å². The minimum absolute atomic E-state index is 0. The molecule has 0 radical (unpaired) electrons. The minimum Gasteiger partial charge on any atom is -1.00 e. The Hall–Kier alpha value is -2.73. The first-order chi connectivity index (χ1) is 50.2. The highest BCUT2D eigenvalue weighted by atomic mass is 35.5. The van der Waals surface area contributed by atoms with Gasteiger partial charge in [-0.2, -0.15) is 0 Å². The Morgan fingerprint density at radius 1 is 0.280 bits per heavy atom. The van der Waals surface area contributed by atoms with Crippen LogP contribution < -0.4 is 17.1 Å². The maximum atomic E-state index is 13.2. The Bertz CT molecular complexity index is 2730. The van der Waals surface area contributed by atoms with Gasteiger partial charge in [0.25, 0.3) is 0 Å². The van der Waals surface area contributed by atoms with Gasteiger partial charge < -0.3 is 12.4 Å². The summed E-state index contributed by atoms with van der Waals surface area (Å²) in [6.45, 7) is 133. The van der Waals surface area contributed by atoms with E-state index < -0.39 is 50.1 Å². The molecule has 5 nitrogen and oxygen atoms in total. The third-order valence-corrected chi connectivity index (χ3v) is 12.3. The van der Waals surface area contributed by atoms with Gasteiger partial charge in [-0.05, 0) is 162 Å². The third-order valence-electron chi connectivity index (χ3n) is 10.5. The molecular formula is C137H338Cl2F5N3O2S. The zero-order valence-electron chi connectivity index (χ0n) is 90.3. The molecule has 0 atom stereocenters. The number of nitrogens with one attached hydrogen (secondary N) is 1. The number of rotatable bonds is 10. The van der Waals surface area contributed by atoms with Crippen molar-refractivity contribution < 1.29 is 47.4 Å². The quantitative estimate of drug-likeness (QED) is 0.0724. The zero-order chi connectivity index (χ0) is 97.4. The van der Waals surface area contributed by atoms with Gasteiger partial charge in [-0.25, -0.2) is 35.1 Å². The summed E-state index contributed by atoms with van der Waals surface area (Å²) < 4.78 is 93.3. The van der Waals surface area contributed by atoms with Crippen molar-refractivity contribution in [3.63, 3.8) is 0 Å². The maximum absolute atomic E-state index is 13.2. The molecule has 4 rings (SSSR count). The smallest absolute Gasteiger partial charge is 0.240 e. The molecular weight excluding hydrogens is 1920 g/mol. The number of hydrogen-bond donors (Lipinski definition) is 1. The number of nitrogens with zero attached hydrogens (tertiary/aromatic N) is 2. The monoisotopic (exact) mass is 2260 g/mol. The molecule has 1 heterocycles. The molecule has 0 fully saturated rings. The minimum atomic E-state index is -3.33. The van der Waals surface area contributed by atoms with Gasteiger partial charge in [0, 0.05) is 17.1 Å². The van der Waals surface area contributed by atoms with Crippen LogP contribution >= 0.6 is 11.6 Å². The van der Waals surface area contributed by atoms with E-state index in [4.69, 9.17) is 11.6 Å². The molecule has 0 unspecified atom stereocenters. The average Bonchev–Trinajstić information content (AvgIpc) is 0.831. The highest BCUT2D eigenvalue weighted by Gasteiger charge is 2.32. The standard InChI is InChI=1S/C13H21NO2S.C12H25N2.C10H13Cl.C10H9F5.C10H22.10C5H12.32CH4.ClH/c1-13(2,3)10-7-11-14-17(15,16)12-8-5-4-6-9-12;1-5-13-9-10-14(11-13)8-6-7-12(2,3)4;1-10(2,3)8-4-6-9(11)7-5-8;1-10(2,3)4-5(11)7(13)9(15)8(14)6(4)12;1-9(2,3)7-8-10(4,5)6;10*1-5(2,3)4;;;;;;;;;;;;;;;;;;;;;;;;;;;;;;;;;/h4-6,8-9,14H,7,10-11H2,1-3H3;11H,5-10H2,1-4H3;4-7H,1-3H3;1-3H3;7-8H2,1-6H3;10*1-4H3;32*1H4;1H/q;+1;;;;;;;;;;;;;;;;;;;;;;;;;;;;;;;;;;;;;;;;;;;;;;/p-1. The molecule has 3 aromatic rings. The fraction of sp³-hybridized carbons (Fsp3) is 0.861. The van der Waals surface area contributed by atoms with Crippen LogP contribution in [0.4, 0.5) is 22.0 Å². The Kier molecular flexibility index (Phi) is 255. The second-order valence-electron chi connectivity index (χ2n) is 54.4. The highest BCUT2D eigenvalue weighted by Crippen LogP contribution is 2.33.